The highest BCUT2D eigenvalue weighted by Gasteiger charge is 2.12. The monoisotopic (exact) mass is 421 g/mol. The minimum atomic E-state index is -0.0602. The molecule has 4 aromatic heterocycles. The molecule has 4 heterocycles. The number of amides is 1. The summed E-state index contributed by atoms with van der Waals surface area (Å²) in [7, 11) is 0. The summed E-state index contributed by atoms with van der Waals surface area (Å²) in [4.78, 5) is 25.9. The summed E-state index contributed by atoms with van der Waals surface area (Å²) in [5, 5.41) is 8.00. The topological polar surface area (TPSA) is 90.0 Å². The SMILES string of the molecule is CSc1nc(C)c(CCC(=O)Nc2cnn(Cc3cn4ccccc4n3)c2)c(C)n1. The van der Waals surface area contributed by atoms with Crippen molar-refractivity contribution in [3.8, 4) is 0 Å². The number of imidazole rings is 1. The molecule has 0 atom stereocenters. The average molecular weight is 422 g/mol. The van der Waals surface area contributed by atoms with E-state index in [2.05, 4.69) is 25.4 Å². The zero-order valence-electron chi connectivity index (χ0n) is 17.2. The lowest BCUT2D eigenvalue weighted by atomic mass is 10.1. The predicted octanol–water partition coefficient (Wildman–Crippen LogP) is 3.28. The van der Waals surface area contributed by atoms with Gasteiger partial charge in [-0.15, -0.1) is 0 Å². The van der Waals surface area contributed by atoms with Crippen LogP contribution < -0.4 is 5.32 Å². The average Bonchev–Trinajstić information content (AvgIpc) is 3.33. The van der Waals surface area contributed by atoms with Crippen LogP contribution in [0.2, 0.25) is 0 Å². The van der Waals surface area contributed by atoms with Crippen LogP contribution in [0, 0.1) is 13.8 Å². The van der Waals surface area contributed by atoms with Crippen LogP contribution >= 0.6 is 11.8 Å². The summed E-state index contributed by atoms with van der Waals surface area (Å²) >= 11 is 1.52. The number of hydrogen-bond acceptors (Lipinski definition) is 6. The van der Waals surface area contributed by atoms with E-state index in [1.807, 2.05) is 61.3 Å². The van der Waals surface area contributed by atoms with E-state index < -0.39 is 0 Å². The van der Waals surface area contributed by atoms with Crippen molar-refractivity contribution in [3.05, 3.63) is 65.6 Å². The summed E-state index contributed by atoms with van der Waals surface area (Å²) in [5.74, 6) is -0.0602. The van der Waals surface area contributed by atoms with Crippen LogP contribution in [0.4, 0.5) is 5.69 Å². The van der Waals surface area contributed by atoms with Crippen molar-refractivity contribution in [3.63, 3.8) is 0 Å². The highest BCUT2D eigenvalue weighted by Crippen LogP contribution is 2.17. The van der Waals surface area contributed by atoms with Gasteiger partial charge < -0.3 is 9.72 Å². The van der Waals surface area contributed by atoms with Crippen LogP contribution in [0.3, 0.4) is 0 Å². The van der Waals surface area contributed by atoms with Crippen LogP contribution in [-0.2, 0) is 17.8 Å². The van der Waals surface area contributed by atoms with E-state index in [9.17, 15) is 4.79 Å². The number of nitrogens with zero attached hydrogens (tertiary/aromatic N) is 6. The molecule has 0 saturated heterocycles. The van der Waals surface area contributed by atoms with Crippen molar-refractivity contribution in [2.75, 3.05) is 11.6 Å². The normalized spacial score (nSPS) is 11.2. The zero-order valence-corrected chi connectivity index (χ0v) is 18.0. The Balaban J connectivity index is 1.35. The number of aryl methyl sites for hydroxylation is 2. The van der Waals surface area contributed by atoms with Gasteiger partial charge >= 0.3 is 0 Å². The molecule has 0 aromatic carbocycles. The van der Waals surface area contributed by atoms with Gasteiger partial charge in [-0.3, -0.25) is 9.48 Å². The maximum absolute atomic E-state index is 12.4. The minimum absolute atomic E-state index is 0.0602. The second-order valence-corrected chi connectivity index (χ2v) is 7.81. The first kappa shape index (κ1) is 20.1. The van der Waals surface area contributed by atoms with E-state index >= 15 is 0 Å². The highest BCUT2D eigenvalue weighted by atomic mass is 32.2. The van der Waals surface area contributed by atoms with E-state index in [0.29, 0.717) is 25.1 Å². The fourth-order valence-corrected chi connectivity index (χ4v) is 3.82. The fourth-order valence-electron chi connectivity index (χ4n) is 3.37. The zero-order chi connectivity index (χ0) is 21.1. The molecule has 0 saturated carbocycles. The molecule has 0 spiro atoms. The Morgan fingerprint density at radius 1 is 1.13 bits per heavy atom. The third-order valence-corrected chi connectivity index (χ3v) is 5.39. The van der Waals surface area contributed by atoms with Crippen molar-refractivity contribution < 1.29 is 4.79 Å². The second-order valence-electron chi connectivity index (χ2n) is 7.03. The molecule has 0 bridgehead atoms. The molecule has 4 aromatic rings. The van der Waals surface area contributed by atoms with Crippen LogP contribution in [0.25, 0.3) is 5.65 Å². The number of hydrogen-bond donors (Lipinski definition) is 1. The van der Waals surface area contributed by atoms with Crippen LogP contribution in [0.15, 0.2) is 48.1 Å². The van der Waals surface area contributed by atoms with Gasteiger partial charge in [-0.2, -0.15) is 5.10 Å². The van der Waals surface area contributed by atoms with Crippen molar-refractivity contribution in [2.24, 2.45) is 0 Å². The van der Waals surface area contributed by atoms with Crippen LogP contribution in [-0.4, -0.2) is 41.3 Å². The molecule has 0 radical (unpaired) electrons. The molecule has 8 nitrogen and oxygen atoms in total. The van der Waals surface area contributed by atoms with E-state index in [-0.39, 0.29) is 5.91 Å². The molecule has 0 aliphatic rings. The molecule has 30 heavy (non-hydrogen) atoms. The number of carbonyl (C=O) groups excluding carboxylic acids is 1. The first-order chi connectivity index (χ1) is 14.5. The van der Waals surface area contributed by atoms with Gasteiger partial charge in [0.05, 0.1) is 24.1 Å². The van der Waals surface area contributed by atoms with Gasteiger partial charge in [0.1, 0.15) is 5.65 Å². The van der Waals surface area contributed by atoms with E-state index in [1.165, 1.54) is 11.8 Å². The van der Waals surface area contributed by atoms with Gasteiger partial charge in [-0.1, -0.05) is 17.8 Å². The van der Waals surface area contributed by atoms with Crippen LogP contribution in [0.5, 0.6) is 0 Å². The van der Waals surface area contributed by atoms with Gasteiger partial charge in [0.25, 0.3) is 0 Å². The number of fused-ring (bicyclic) bond motifs is 1. The Hall–Kier alpha value is -3.20. The molecule has 0 fully saturated rings. The molecular formula is C21H23N7OS. The lowest BCUT2D eigenvalue weighted by Gasteiger charge is -2.09. The van der Waals surface area contributed by atoms with Crippen molar-refractivity contribution in [2.45, 2.75) is 38.4 Å². The Kier molecular flexibility index (Phi) is 5.80. The lowest BCUT2D eigenvalue weighted by Crippen LogP contribution is -2.13. The highest BCUT2D eigenvalue weighted by molar-refractivity contribution is 7.98. The molecule has 0 unspecified atom stereocenters. The summed E-state index contributed by atoms with van der Waals surface area (Å²) in [6.07, 6.45) is 10.3. The Labute approximate surface area is 178 Å². The smallest absolute Gasteiger partial charge is 0.224 e. The Morgan fingerprint density at radius 3 is 2.67 bits per heavy atom. The standard InChI is InChI=1S/C21H23N7OS/c1-14-18(15(2)24-21(23-14)30-3)7-8-20(29)26-16-10-22-28(12-16)13-17-11-27-9-5-4-6-19(27)25-17/h4-6,9-12H,7-8,13H2,1-3H3,(H,26,29). The number of anilines is 1. The molecule has 0 aliphatic carbocycles. The summed E-state index contributed by atoms with van der Waals surface area (Å²) in [6, 6.07) is 5.88. The summed E-state index contributed by atoms with van der Waals surface area (Å²) < 4.78 is 3.74. The predicted molar refractivity (Wildman–Crippen MR) is 117 cm³/mol. The molecular weight excluding hydrogens is 398 g/mol. The van der Waals surface area contributed by atoms with Crippen molar-refractivity contribution in [1.82, 2.24) is 29.1 Å². The van der Waals surface area contributed by atoms with Crippen LogP contribution in [0.1, 0.15) is 29.1 Å². The van der Waals surface area contributed by atoms with Gasteiger partial charge in [-0.05, 0) is 44.2 Å². The molecule has 9 heteroatoms. The number of aromatic nitrogens is 6. The third kappa shape index (κ3) is 4.51. The Bertz CT molecular complexity index is 1140. The van der Waals surface area contributed by atoms with E-state index in [4.69, 9.17) is 0 Å². The largest absolute Gasteiger partial charge is 0.323 e. The number of thioether (sulfide) groups is 1. The first-order valence-corrected chi connectivity index (χ1v) is 10.9. The Morgan fingerprint density at radius 2 is 1.93 bits per heavy atom. The quantitative estimate of drug-likeness (QED) is 0.364. The van der Waals surface area contributed by atoms with Crippen molar-refractivity contribution >= 4 is 29.0 Å². The summed E-state index contributed by atoms with van der Waals surface area (Å²) in [5.41, 5.74) is 5.37. The number of carbonyl (C=O) groups is 1. The number of nitrogens with one attached hydrogen (secondary N) is 1. The maximum atomic E-state index is 12.4. The first-order valence-electron chi connectivity index (χ1n) is 9.65. The van der Waals surface area contributed by atoms with Gasteiger partial charge in [-0.25, -0.2) is 15.0 Å². The molecule has 4 rings (SSSR count). The van der Waals surface area contributed by atoms with Gasteiger partial charge in [0.2, 0.25) is 5.91 Å². The third-order valence-electron chi connectivity index (χ3n) is 4.84. The maximum Gasteiger partial charge on any atom is 0.224 e. The minimum Gasteiger partial charge on any atom is -0.323 e. The fraction of sp³-hybridized carbons (Fsp3) is 0.286. The number of pyridine rings is 1. The van der Waals surface area contributed by atoms with E-state index in [1.54, 1.807) is 10.9 Å². The molecule has 154 valence electrons. The van der Waals surface area contributed by atoms with Gasteiger partial charge in [0, 0.05) is 36.4 Å². The van der Waals surface area contributed by atoms with Crippen molar-refractivity contribution in [1.29, 1.82) is 0 Å². The molecule has 1 N–H and O–H groups in total. The lowest BCUT2D eigenvalue weighted by molar-refractivity contribution is -0.116. The molecule has 1 amide bonds. The summed E-state index contributed by atoms with van der Waals surface area (Å²) in [6.45, 7) is 4.46. The van der Waals surface area contributed by atoms with Gasteiger partial charge in [0.15, 0.2) is 5.16 Å². The van der Waals surface area contributed by atoms with E-state index in [0.717, 1.165) is 33.4 Å². The molecule has 0 aliphatic heterocycles. The second kappa shape index (κ2) is 8.66. The number of rotatable bonds is 7.